The summed E-state index contributed by atoms with van der Waals surface area (Å²) in [5.74, 6) is 0.419. The van der Waals surface area contributed by atoms with Gasteiger partial charge in [-0.1, -0.05) is 42.5 Å². The van der Waals surface area contributed by atoms with E-state index in [1.54, 1.807) is 12.1 Å². The fraction of sp³-hybridized carbons (Fsp3) is 0.143. The molecular weight excluding hydrogens is 310 g/mol. The van der Waals surface area contributed by atoms with Crippen molar-refractivity contribution in [3.63, 3.8) is 0 Å². The first-order valence-electron chi connectivity index (χ1n) is 8.44. The van der Waals surface area contributed by atoms with E-state index in [4.69, 9.17) is 0 Å². The largest absolute Gasteiger partial charge is 0.366 e. The van der Waals surface area contributed by atoms with Gasteiger partial charge in [-0.25, -0.2) is 4.98 Å². The van der Waals surface area contributed by atoms with Crippen LogP contribution in [-0.2, 0) is 13.0 Å². The van der Waals surface area contributed by atoms with Crippen LogP contribution in [0.2, 0.25) is 0 Å². The molecule has 1 N–H and O–H groups in total. The molecule has 3 aromatic rings. The number of hydrogen-bond acceptors (Lipinski definition) is 3. The van der Waals surface area contributed by atoms with E-state index < -0.39 is 0 Å². The van der Waals surface area contributed by atoms with Gasteiger partial charge in [0.15, 0.2) is 0 Å². The van der Waals surface area contributed by atoms with Crippen LogP contribution in [0.5, 0.6) is 0 Å². The van der Waals surface area contributed by atoms with E-state index in [-0.39, 0.29) is 5.91 Å². The molecule has 0 saturated heterocycles. The summed E-state index contributed by atoms with van der Waals surface area (Å²) >= 11 is 0. The number of fused-ring (bicyclic) bond motifs is 1. The van der Waals surface area contributed by atoms with Crippen molar-refractivity contribution in [1.82, 2.24) is 4.98 Å². The highest BCUT2D eigenvalue weighted by Crippen LogP contribution is 2.24. The Morgan fingerprint density at radius 3 is 2.44 bits per heavy atom. The van der Waals surface area contributed by atoms with Gasteiger partial charge in [-0.15, -0.1) is 0 Å². The molecule has 0 radical (unpaired) electrons. The fourth-order valence-corrected chi connectivity index (χ4v) is 3.14. The van der Waals surface area contributed by atoms with E-state index in [1.165, 1.54) is 11.1 Å². The minimum absolute atomic E-state index is 0.146. The number of carbonyl (C=O) groups is 1. The third-order valence-corrected chi connectivity index (χ3v) is 4.52. The Balaban J connectivity index is 1.45. The van der Waals surface area contributed by atoms with Gasteiger partial charge < -0.3 is 10.2 Å². The third-order valence-electron chi connectivity index (χ3n) is 4.52. The molecule has 25 heavy (non-hydrogen) atoms. The van der Waals surface area contributed by atoms with Crippen molar-refractivity contribution in [2.45, 2.75) is 13.0 Å². The molecule has 4 heteroatoms. The summed E-state index contributed by atoms with van der Waals surface area (Å²) in [5, 5.41) is 2.84. The first-order valence-corrected chi connectivity index (χ1v) is 8.44. The SMILES string of the molecule is O=C(Nc1ccc(N2CCc3ccccc3C2)cn1)c1ccccc1. The number of nitrogens with one attached hydrogen (secondary N) is 1. The Morgan fingerprint density at radius 2 is 1.68 bits per heavy atom. The predicted octanol–water partition coefficient (Wildman–Crippen LogP) is 3.90. The summed E-state index contributed by atoms with van der Waals surface area (Å²) in [6.45, 7) is 1.88. The minimum atomic E-state index is -0.146. The molecule has 0 atom stereocenters. The fourth-order valence-electron chi connectivity index (χ4n) is 3.14. The van der Waals surface area contributed by atoms with Gasteiger partial charge in [0.1, 0.15) is 5.82 Å². The predicted molar refractivity (Wildman–Crippen MR) is 99.8 cm³/mol. The highest BCUT2D eigenvalue weighted by atomic mass is 16.1. The molecule has 0 unspecified atom stereocenters. The molecule has 0 spiro atoms. The number of amides is 1. The summed E-state index contributed by atoms with van der Waals surface area (Å²) in [7, 11) is 0. The van der Waals surface area contributed by atoms with Gasteiger partial charge in [0.25, 0.3) is 5.91 Å². The zero-order valence-electron chi connectivity index (χ0n) is 13.9. The number of hydrogen-bond donors (Lipinski definition) is 1. The lowest BCUT2D eigenvalue weighted by Gasteiger charge is -2.30. The van der Waals surface area contributed by atoms with Crippen LogP contribution < -0.4 is 10.2 Å². The van der Waals surface area contributed by atoms with Crippen LogP contribution >= 0.6 is 0 Å². The Labute approximate surface area is 147 Å². The van der Waals surface area contributed by atoms with Crippen molar-refractivity contribution in [1.29, 1.82) is 0 Å². The molecule has 0 bridgehead atoms. The number of rotatable bonds is 3. The van der Waals surface area contributed by atoms with Gasteiger partial charge in [0, 0.05) is 18.7 Å². The summed E-state index contributed by atoms with van der Waals surface area (Å²) in [4.78, 5) is 18.9. The van der Waals surface area contributed by atoms with Crippen LogP contribution in [0.4, 0.5) is 11.5 Å². The Bertz CT molecular complexity index is 875. The van der Waals surface area contributed by atoms with Crippen LogP contribution in [-0.4, -0.2) is 17.4 Å². The maximum atomic E-state index is 12.2. The van der Waals surface area contributed by atoms with Crippen molar-refractivity contribution in [2.24, 2.45) is 0 Å². The molecule has 2 aromatic carbocycles. The lowest BCUT2D eigenvalue weighted by molar-refractivity contribution is 0.102. The lowest BCUT2D eigenvalue weighted by Crippen LogP contribution is -2.30. The summed E-state index contributed by atoms with van der Waals surface area (Å²) in [6.07, 6.45) is 2.87. The number of carbonyl (C=O) groups excluding carboxylic acids is 1. The van der Waals surface area contributed by atoms with Gasteiger partial charge >= 0.3 is 0 Å². The van der Waals surface area contributed by atoms with Crippen LogP contribution in [0.15, 0.2) is 72.9 Å². The molecule has 124 valence electrons. The second-order valence-electron chi connectivity index (χ2n) is 6.16. The van der Waals surface area contributed by atoms with Gasteiger partial charge in [-0.2, -0.15) is 0 Å². The maximum absolute atomic E-state index is 12.2. The van der Waals surface area contributed by atoms with E-state index in [1.807, 2.05) is 36.5 Å². The summed E-state index contributed by atoms with van der Waals surface area (Å²) in [5.41, 5.74) is 4.50. The van der Waals surface area contributed by atoms with Crippen molar-refractivity contribution < 1.29 is 4.79 Å². The van der Waals surface area contributed by atoms with Crippen LogP contribution in [0.25, 0.3) is 0 Å². The molecule has 2 heterocycles. The molecule has 0 saturated carbocycles. The number of pyridine rings is 1. The van der Waals surface area contributed by atoms with Crippen molar-refractivity contribution in [2.75, 3.05) is 16.8 Å². The molecule has 1 aliphatic rings. The Kier molecular flexibility index (Phi) is 4.17. The second-order valence-corrected chi connectivity index (χ2v) is 6.16. The summed E-state index contributed by atoms with van der Waals surface area (Å²) < 4.78 is 0. The van der Waals surface area contributed by atoms with Crippen molar-refractivity contribution >= 4 is 17.4 Å². The van der Waals surface area contributed by atoms with E-state index in [0.29, 0.717) is 11.4 Å². The molecule has 1 amide bonds. The van der Waals surface area contributed by atoms with E-state index >= 15 is 0 Å². The number of benzene rings is 2. The van der Waals surface area contributed by atoms with Crippen molar-refractivity contribution in [3.8, 4) is 0 Å². The first kappa shape index (κ1) is 15.4. The zero-order chi connectivity index (χ0) is 17.1. The number of anilines is 2. The Hall–Kier alpha value is -3.14. The minimum Gasteiger partial charge on any atom is -0.366 e. The van der Waals surface area contributed by atoms with Gasteiger partial charge in [0.05, 0.1) is 11.9 Å². The third kappa shape index (κ3) is 3.38. The lowest BCUT2D eigenvalue weighted by atomic mass is 10.00. The van der Waals surface area contributed by atoms with E-state index in [9.17, 15) is 4.79 Å². The van der Waals surface area contributed by atoms with E-state index in [0.717, 1.165) is 25.2 Å². The molecule has 4 nitrogen and oxygen atoms in total. The van der Waals surface area contributed by atoms with Gasteiger partial charge in [-0.3, -0.25) is 4.79 Å². The molecular formula is C21H19N3O. The summed E-state index contributed by atoms with van der Waals surface area (Å²) in [6, 6.07) is 21.6. The normalized spacial score (nSPS) is 13.2. The molecule has 0 aliphatic carbocycles. The molecule has 1 aliphatic heterocycles. The first-order chi connectivity index (χ1) is 12.3. The van der Waals surface area contributed by atoms with Crippen LogP contribution in [0.1, 0.15) is 21.5 Å². The average Bonchev–Trinajstić information content (AvgIpc) is 2.69. The highest BCUT2D eigenvalue weighted by Gasteiger charge is 2.16. The monoisotopic (exact) mass is 329 g/mol. The van der Waals surface area contributed by atoms with Crippen LogP contribution in [0.3, 0.4) is 0 Å². The molecule has 1 aromatic heterocycles. The van der Waals surface area contributed by atoms with Gasteiger partial charge in [0.2, 0.25) is 0 Å². The van der Waals surface area contributed by atoms with Gasteiger partial charge in [-0.05, 0) is 41.8 Å². The average molecular weight is 329 g/mol. The number of aromatic nitrogens is 1. The molecule has 0 fully saturated rings. The standard InChI is InChI=1S/C21H19N3O/c25-21(17-7-2-1-3-8-17)23-20-11-10-19(14-22-20)24-13-12-16-6-4-5-9-18(16)15-24/h1-11,14H,12-13,15H2,(H,22,23,25). The highest BCUT2D eigenvalue weighted by molar-refractivity contribution is 6.03. The second kappa shape index (κ2) is 6.77. The van der Waals surface area contributed by atoms with Crippen molar-refractivity contribution in [3.05, 3.63) is 89.6 Å². The van der Waals surface area contributed by atoms with E-state index in [2.05, 4.69) is 39.5 Å². The molecule has 4 rings (SSSR count). The zero-order valence-corrected chi connectivity index (χ0v) is 13.9. The Morgan fingerprint density at radius 1 is 0.920 bits per heavy atom. The maximum Gasteiger partial charge on any atom is 0.256 e. The quantitative estimate of drug-likeness (QED) is 0.793. The number of nitrogens with zero attached hydrogens (tertiary/aromatic N) is 2. The smallest absolute Gasteiger partial charge is 0.256 e. The van der Waals surface area contributed by atoms with Crippen LogP contribution in [0, 0.1) is 0 Å². The topological polar surface area (TPSA) is 45.2 Å².